The molecule has 0 unspecified atom stereocenters. The van der Waals surface area contributed by atoms with Gasteiger partial charge in [0.05, 0.1) is 12.1 Å². The van der Waals surface area contributed by atoms with E-state index in [0.717, 1.165) is 18.2 Å². The molecule has 0 atom stereocenters. The predicted octanol–water partition coefficient (Wildman–Crippen LogP) is 4.40. The van der Waals surface area contributed by atoms with Crippen LogP contribution < -0.4 is 5.56 Å². The van der Waals surface area contributed by atoms with Gasteiger partial charge in [-0.25, -0.2) is 13.6 Å². The minimum atomic E-state index is -0.945. The van der Waals surface area contributed by atoms with Gasteiger partial charge in [0.15, 0.2) is 5.58 Å². The molecule has 0 fully saturated rings. The van der Waals surface area contributed by atoms with Crippen LogP contribution >= 0.6 is 0 Å². The lowest BCUT2D eigenvalue weighted by atomic mass is 9.99. The molecule has 0 saturated carbocycles. The number of para-hydroxylation sites is 1. The van der Waals surface area contributed by atoms with Gasteiger partial charge in [0.1, 0.15) is 22.8 Å². The van der Waals surface area contributed by atoms with E-state index in [1.807, 2.05) is 0 Å². The summed E-state index contributed by atoms with van der Waals surface area (Å²) in [5.74, 6) is -2.46. The molecule has 0 radical (unpaired) electrons. The third-order valence-electron chi connectivity index (χ3n) is 4.22. The summed E-state index contributed by atoms with van der Waals surface area (Å²) >= 11 is 0. The van der Waals surface area contributed by atoms with Crippen LogP contribution in [-0.4, -0.2) is 17.6 Å². The van der Waals surface area contributed by atoms with Crippen molar-refractivity contribution in [3.8, 4) is 11.1 Å². The molecule has 1 N–H and O–H groups in total. The summed E-state index contributed by atoms with van der Waals surface area (Å²) in [5, 5.41) is 0.582. The Balaban J connectivity index is 2.21. The van der Waals surface area contributed by atoms with Crippen molar-refractivity contribution >= 4 is 28.0 Å². The Labute approximate surface area is 151 Å². The minimum Gasteiger partial charge on any atom is -0.462 e. The quantitative estimate of drug-likeness (QED) is 0.544. The Hall–Kier alpha value is -3.48. The number of nitrogens with one attached hydrogen (secondary N) is 1. The largest absolute Gasteiger partial charge is 0.462 e. The van der Waals surface area contributed by atoms with E-state index in [2.05, 4.69) is 4.98 Å². The van der Waals surface area contributed by atoms with Gasteiger partial charge >= 0.3 is 5.97 Å². The number of halogens is 2. The molecule has 4 aromatic rings. The normalized spacial score (nSPS) is 11.2. The third kappa shape index (κ3) is 2.68. The second kappa shape index (κ2) is 6.35. The molecule has 2 aromatic carbocycles. The van der Waals surface area contributed by atoms with Crippen LogP contribution in [0.15, 0.2) is 51.7 Å². The highest BCUT2D eigenvalue weighted by molar-refractivity contribution is 6.12. The number of hydrogen-bond acceptors (Lipinski definition) is 4. The van der Waals surface area contributed by atoms with Crippen molar-refractivity contribution in [1.29, 1.82) is 0 Å². The Morgan fingerprint density at radius 1 is 1.19 bits per heavy atom. The SMILES string of the molecule is CCOC(=O)c1c(-c2cc(F)ccc2F)c2oc3ccccc3c2[nH]c1=O. The van der Waals surface area contributed by atoms with Gasteiger partial charge in [-0.3, -0.25) is 4.79 Å². The number of rotatable bonds is 3. The van der Waals surface area contributed by atoms with Crippen LogP contribution in [0.5, 0.6) is 0 Å². The number of hydrogen-bond donors (Lipinski definition) is 1. The van der Waals surface area contributed by atoms with E-state index in [1.165, 1.54) is 0 Å². The van der Waals surface area contributed by atoms with Crippen LogP contribution in [0.4, 0.5) is 8.78 Å². The van der Waals surface area contributed by atoms with Crippen molar-refractivity contribution in [3.63, 3.8) is 0 Å². The molecule has 7 heteroatoms. The van der Waals surface area contributed by atoms with Crippen molar-refractivity contribution in [3.05, 3.63) is 70.0 Å². The smallest absolute Gasteiger partial charge is 0.344 e. The van der Waals surface area contributed by atoms with Crippen molar-refractivity contribution in [2.75, 3.05) is 6.61 Å². The fourth-order valence-electron chi connectivity index (χ4n) is 3.09. The van der Waals surface area contributed by atoms with Gasteiger partial charge in [-0.2, -0.15) is 0 Å². The third-order valence-corrected chi connectivity index (χ3v) is 4.22. The second-order valence-electron chi connectivity index (χ2n) is 5.85. The van der Waals surface area contributed by atoms with E-state index < -0.39 is 28.7 Å². The molecule has 4 rings (SSSR count). The number of benzene rings is 2. The number of carbonyl (C=O) groups excluding carboxylic acids is 1. The Morgan fingerprint density at radius 3 is 2.74 bits per heavy atom. The molecule has 0 aliphatic rings. The molecule has 0 bridgehead atoms. The van der Waals surface area contributed by atoms with Crippen molar-refractivity contribution in [2.45, 2.75) is 6.92 Å². The summed E-state index contributed by atoms with van der Waals surface area (Å²) in [5.41, 5.74) is -0.805. The van der Waals surface area contributed by atoms with Crippen LogP contribution in [0.1, 0.15) is 17.3 Å². The van der Waals surface area contributed by atoms with E-state index >= 15 is 0 Å². The molecule has 0 spiro atoms. The number of esters is 1. The zero-order valence-corrected chi connectivity index (χ0v) is 14.1. The van der Waals surface area contributed by atoms with E-state index in [4.69, 9.17) is 9.15 Å². The number of furan rings is 1. The summed E-state index contributed by atoms with van der Waals surface area (Å²) < 4.78 is 39.1. The average Bonchev–Trinajstić information content (AvgIpc) is 3.01. The van der Waals surface area contributed by atoms with E-state index in [9.17, 15) is 18.4 Å². The van der Waals surface area contributed by atoms with Gasteiger partial charge < -0.3 is 14.1 Å². The van der Waals surface area contributed by atoms with Gasteiger partial charge in [-0.15, -0.1) is 0 Å². The van der Waals surface area contributed by atoms with Crippen molar-refractivity contribution in [1.82, 2.24) is 4.98 Å². The molecule has 136 valence electrons. The first-order chi connectivity index (χ1) is 13.0. The highest BCUT2D eigenvalue weighted by Gasteiger charge is 2.27. The van der Waals surface area contributed by atoms with Gasteiger partial charge in [-0.05, 0) is 37.3 Å². The van der Waals surface area contributed by atoms with E-state index in [-0.39, 0.29) is 23.3 Å². The lowest BCUT2D eigenvalue weighted by molar-refractivity contribution is 0.0525. The van der Waals surface area contributed by atoms with Gasteiger partial charge in [0.25, 0.3) is 5.56 Å². The van der Waals surface area contributed by atoms with Gasteiger partial charge in [0, 0.05) is 16.5 Å². The van der Waals surface area contributed by atoms with Gasteiger partial charge in [0.2, 0.25) is 0 Å². The zero-order chi connectivity index (χ0) is 19.1. The summed E-state index contributed by atoms with van der Waals surface area (Å²) in [6.45, 7) is 1.59. The van der Waals surface area contributed by atoms with Gasteiger partial charge in [-0.1, -0.05) is 12.1 Å². The number of aromatic amines is 1. The van der Waals surface area contributed by atoms with Crippen LogP contribution in [0.2, 0.25) is 0 Å². The molecular weight excluding hydrogens is 356 g/mol. The molecule has 0 aliphatic heterocycles. The number of pyridine rings is 1. The molecule has 2 heterocycles. The molecule has 27 heavy (non-hydrogen) atoms. The van der Waals surface area contributed by atoms with Crippen LogP contribution in [0.25, 0.3) is 33.2 Å². The fourth-order valence-corrected chi connectivity index (χ4v) is 3.09. The predicted molar refractivity (Wildman–Crippen MR) is 95.6 cm³/mol. The first-order valence-electron chi connectivity index (χ1n) is 8.21. The lowest BCUT2D eigenvalue weighted by Crippen LogP contribution is -2.21. The number of carbonyl (C=O) groups is 1. The lowest BCUT2D eigenvalue weighted by Gasteiger charge is -2.10. The number of aromatic nitrogens is 1. The fraction of sp³-hybridized carbons (Fsp3) is 0.100. The van der Waals surface area contributed by atoms with Crippen LogP contribution in [-0.2, 0) is 4.74 Å². The standard InChI is InChI=1S/C20H13F2NO4/c1-2-26-20(25)16-15(12-9-10(21)7-8-13(12)22)18-17(23-19(16)24)11-5-3-4-6-14(11)27-18/h3-9H,2H2,1H3,(H,23,24). The maximum absolute atomic E-state index is 14.5. The molecule has 0 aliphatic carbocycles. The maximum Gasteiger partial charge on any atom is 0.344 e. The Kier molecular flexibility index (Phi) is 3.99. The highest BCUT2D eigenvalue weighted by atomic mass is 19.1. The number of H-pyrrole nitrogens is 1. The monoisotopic (exact) mass is 369 g/mol. The highest BCUT2D eigenvalue weighted by Crippen LogP contribution is 2.37. The van der Waals surface area contributed by atoms with E-state index in [0.29, 0.717) is 16.5 Å². The Bertz CT molecular complexity index is 1260. The maximum atomic E-state index is 14.5. The van der Waals surface area contributed by atoms with Crippen molar-refractivity contribution < 1.29 is 22.7 Å². The Morgan fingerprint density at radius 2 is 1.96 bits per heavy atom. The zero-order valence-electron chi connectivity index (χ0n) is 14.1. The number of fused-ring (bicyclic) bond motifs is 3. The van der Waals surface area contributed by atoms with Crippen LogP contribution in [0, 0.1) is 11.6 Å². The summed E-state index contributed by atoms with van der Waals surface area (Å²) in [7, 11) is 0. The number of ether oxygens (including phenoxy) is 1. The molecular formula is C20H13F2NO4. The topological polar surface area (TPSA) is 72.3 Å². The molecule has 0 amide bonds. The minimum absolute atomic E-state index is 0.0154. The first-order valence-corrected chi connectivity index (χ1v) is 8.21. The van der Waals surface area contributed by atoms with E-state index in [1.54, 1.807) is 31.2 Å². The molecule has 2 aromatic heterocycles. The summed E-state index contributed by atoms with van der Waals surface area (Å²) in [6, 6.07) is 9.66. The first kappa shape index (κ1) is 17.0. The van der Waals surface area contributed by atoms with Crippen LogP contribution in [0.3, 0.4) is 0 Å². The molecule has 5 nitrogen and oxygen atoms in total. The average molecular weight is 369 g/mol. The molecule has 0 saturated heterocycles. The summed E-state index contributed by atoms with van der Waals surface area (Å²) in [4.78, 5) is 27.7. The summed E-state index contributed by atoms with van der Waals surface area (Å²) in [6.07, 6.45) is 0. The second-order valence-corrected chi connectivity index (χ2v) is 5.85. The van der Waals surface area contributed by atoms with Crippen molar-refractivity contribution in [2.24, 2.45) is 0 Å².